The summed E-state index contributed by atoms with van der Waals surface area (Å²) in [4.78, 5) is 25.6. The highest BCUT2D eigenvalue weighted by Crippen LogP contribution is 2.38. The number of hydrogen-bond donors (Lipinski definition) is 2. The van der Waals surface area contributed by atoms with Crippen molar-refractivity contribution in [3.8, 4) is 0 Å². The third-order valence-corrected chi connectivity index (χ3v) is 7.41. The van der Waals surface area contributed by atoms with Crippen molar-refractivity contribution < 1.29 is 18.3 Å². The van der Waals surface area contributed by atoms with Crippen LogP contribution < -0.4 is 10.9 Å². The molecule has 1 aliphatic heterocycles. The molecule has 0 radical (unpaired) electrons. The van der Waals surface area contributed by atoms with E-state index in [4.69, 9.17) is 0 Å². The lowest BCUT2D eigenvalue weighted by Crippen LogP contribution is -2.38. The lowest BCUT2D eigenvalue weighted by Gasteiger charge is -2.29. The van der Waals surface area contributed by atoms with E-state index in [1.54, 1.807) is 39.1 Å². The van der Waals surface area contributed by atoms with Crippen molar-refractivity contribution in [3.63, 3.8) is 0 Å². The summed E-state index contributed by atoms with van der Waals surface area (Å²) in [5.41, 5.74) is 0.995. The second-order valence-electron chi connectivity index (χ2n) is 9.21. The van der Waals surface area contributed by atoms with E-state index in [0.717, 1.165) is 15.1 Å². The van der Waals surface area contributed by atoms with Gasteiger partial charge in [0.05, 0.1) is 10.3 Å². The van der Waals surface area contributed by atoms with Gasteiger partial charge in [0, 0.05) is 29.5 Å². The zero-order chi connectivity index (χ0) is 23.6. The molecule has 0 saturated heterocycles. The molecule has 0 bridgehead atoms. The number of rotatable bonds is 4. The van der Waals surface area contributed by atoms with E-state index >= 15 is 0 Å². The zero-order valence-electron chi connectivity index (χ0n) is 18.5. The van der Waals surface area contributed by atoms with Crippen LogP contribution in [0, 0.1) is 12.3 Å². The van der Waals surface area contributed by atoms with Crippen LogP contribution in [0.25, 0.3) is 16.3 Å². The second-order valence-corrected chi connectivity index (χ2v) is 11.0. The lowest BCUT2D eigenvalue weighted by molar-refractivity contribution is -0.144. The first-order valence-corrected chi connectivity index (χ1v) is 11.6. The standard InChI is InChI=1S/C23H25N3O5S/c1-13-6-8-15(9-7-13)32(30,31)26-12-17-18-16(14(2)10-24-20(18)26)11-25(21(17)27)19(22(28)29)23(3,4)5/h6-12,19,24H,1-5H3,(H,28,29)/t19-/m0/s1. The van der Waals surface area contributed by atoms with Crippen LogP contribution in [0.1, 0.15) is 44.9 Å². The Labute approximate surface area is 185 Å². The number of aromatic nitrogens is 2. The van der Waals surface area contributed by atoms with Crippen LogP contribution in [-0.2, 0) is 14.8 Å². The molecular formula is C23H25N3O5S. The first-order valence-electron chi connectivity index (χ1n) is 10.1. The maximum Gasteiger partial charge on any atom is 0.327 e. The molecule has 2 aromatic heterocycles. The molecule has 0 spiro atoms. The number of carbonyl (C=O) groups is 1. The normalized spacial score (nSPS) is 14.7. The van der Waals surface area contributed by atoms with Gasteiger partial charge in [-0.25, -0.2) is 17.2 Å². The van der Waals surface area contributed by atoms with Gasteiger partial charge in [0.2, 0.25) is 0 Å². The highest BCUT2D eigenvalue weighted by atomic mass is 32.2. The van der Waals surface area contributed by atoms with E-state index < -0.39 is 33.0 Å². The molecule has 8 nitrogen and oxygen atoms in total. The van der Waals surface area contributed by atoms with E-state index in [-0.39, 0.29) is 16.1 Å². The SMILES string of the molecule is CC1=CNc2c3c1cn([C@@H](C(=O)O)C(C)(C)C)c(=O)c3cn2S(=O)(=O)c1ccc(C)cc1. The van der Waals surface area contributed by atoms with Gasteiger partial charge in [-0.3, -0.25) is 9.36 Å². The van der Waals surface area contributed by atoms with E-state index in [1.807, 2.05) is 13.8 Å². The van der Waals surface area contributed by atoms with Crippen LogP contribution in [0.15, 0.2) is 52.5 Å². The molecule has 1 aromatic carbocycles. The summed E-state index contributed by atoms with van der Waals surface area (Å²) in [7, 11) is -3.99. The number of carboxylic acids is 1. The first kappa shape index (κ1) is 21.9. The molecule has 4 rings (SSSR count). The molecule has 0 aliphatic carbocycles. The topological polar surface area (TPSA) is 110 Å². The first-order chi connectivity index (χ1) is 14.8. The van der Waals surface area contributed by atoms with Gasteiger partial charge in [-0.15, -0.1) is 0 Å². The Hall–Kier alpha value is -3.33. The Bertz CT molecular complexity index is 1450. The molecule has 168 valence electrons. The number of carboxylic acid groups (broad SMARTS) is 1. The molecule has 9 heteroatoms. The second kappa shape index (κ2) is 7.09. The summed E-state index contributed by atoms with van der Waals surface area (Å²) in [5.74, 6) is -0.873. The van der Waals surface area contributed by atoms with Crippen molar-refractivity contribution in [2.45, 2.75) is 45.6 Å². The third kappa shape index (κ3) is 3.24. The monoisotopic (exact) mass is 455 g/mol. The minimum atomic E-state index is -3.99. The summed E-state index contributed by atoms with van der Waals surface area (Å²) >= 11 is 0. The quantitative estimate of drug-likeness (QED) is 0.619. The van der Waals surface area contributed by atoms with E-state index in [0.29, 0.717) is 10.9 Å². The molecule has 3 aromatic rings. The van der Waals surface area contributed by atoms with Gasteiger partial charge in [-0.05, 0) is 37.0 Å². The molecule has 1 atom stereocenters. The number of nitrogens with one attached hydrogen (secondary N) is 1. The Morgan fingerprint density at radius 3 is 2.28 bits per heavy atom. The van der Waals surface area contributed by atoms with Gasteiger partial charge in [0.15, 0.2) is 0 Å². The summed E-state index contributed by atoms with van der Waals surface area (Å²) in [5, 5.41) is 13.5. The summed E-state index contributed by atoms with van der Waals surface area (Å²) in [6, 6.07) is 5.33. The number of allylic oxidation sites excluding steroid dienone is 1. The van der Waals surface area contributed by atoms with Crippen molar-refractivity contribution in [2.24, 2.45) is 5.41 Å². The van der Waals surface area contributed by atoms with Gasteiger partial charge in [-0.1, -0.05) is 38.5 Å². The number of nitrogens with zero attached hydrogens (tertiary/aromatic N) is 2. The van der Waals surface area contributed by atoms with Gasteiger partial charge < -0.3 is 10.4 Å². The molecule has 32 heavy (non-hydrogen) atoms. The maximum absolute atomic E-state index is 13.4. The minimum Gasteiger partial charge on any atom is -0.480 e. The molecule has 0 unspecified atom stereocenters. The van der Waals surface area contributed by atoms with Crippen molar-refractivity contribution in [1.29, 1.82) is 0 Å². The Morgan fingerprint density at radius 1 is 1.09 bits per heavy atom. The van der Waals surface area contributed by atoms with Crippen LogP contribution in [-0.4, -0.2) is 28.0 Å². The molecule has 2 N–H and O–H groups in total. The van der Waals surface area contributed by atoms with E-state index in [1.165, 1.54) is 29.1 Å². The number of aryl methyl sites for hydroxylation is 1. The predicted molar refractivity (Wildman–Crippen MR) is 123 cm³/mol. The highest BCUT2D eigenvalue weighted by molar-refractivity contribution is 7.90. The van der Waals surface area contributed by atoms with Crippen molar-refractivity contribution in [2.75, 3.05) is 5.32 Å². The van der Waals surface area contributed by atoms with Gasteiger partial charge in [0.25, 0.3) is 15.6 Å². The van der Waals surface area contributed by atoms with Crippen molar-refractivity contribution in [3.05, 3.63) is 64.3 Å². The fraction of sp³-hybridized carbons (Fsp3) is 0.304. The number of pyridine rings is 1. The lowest BCUT2D eigenvalue weighted by atomic mass is 9.86. The molecule has 0 fully saturated rings. The van der Waals surface area contributed by atoms with E-state index in [2.05, 4.69) is 5.32 Å². The predicted octanol–water partition coefficient (Wildman–Crippen LogP) is 3.81. The average molecular weight is 456 g/mol. The fourth-order valence-corrected chi connectivity index (χ4v) is 5.46. The fourth-order valence-electron chi connectivity index (χ4n) is 4.12. The number of hydrogen-bond acceptors (Lipinski definition) is 5. The minimum absolute atomic E-state index is 0.0905. The van der Waals surface area contributed by atoms with E-state index in [9.17, 15) is 23.1 Å². The summed E-state index contributed by atoms with van der Waals surface area (Å²) in [6.07, 6.45) is 4.46. The Kier molecular flexibility index (Phi) is 4.85. The molecular weight excluding hydrogens is 430 g/mol. The maximum atomic E-state index is 13.4. The third-order valence-electron chi connectivity index (χ3n) is 5.74. The van der Waals surface area contributed by atoms with Gasteiger partial charge >= 0.3 is 5.97 Å². The van der Waals surface area contributed by atoms with Gasteiger partial charge in [-0.2, -0.15) is 0 Å². The molecule has 0 amide bonds. The zero-order valence-corrected chi connectivity index (χ0v) is 19.3. The Balaban J connectivity index is 2.06. The van der Waals surface area contributed by atoms with Crippen molar-refractivity contribution in [1.82, 2.24) is 8.54 Å². The van der Waals surface area contributed by atoms with Crippen molar-refractivity contribution >= 4 is 38.2 Å². The Morgan fingerprint density at radius 2 is 1.72 bits per heavy atom. The highest BCUT2D eigenvalue weighted by Gasteiger charge is 2.36. The molecule has 1 aliphatic rings. The van der Waals surface area contributed by atoms with Crippen LogP contribution in [0.4, 0.5) is 5.82 Å². The number of anilines is 1. The smallest absolute Gasteiger partial charge is 0.327 e. The summed E-state index contributed by atoms with van der Waals surface area (Å²) < 4.78 is 29.1. The van der Waals surface area contributed by atoms with Crippen LogP contribution in [0.2, 0.25) is 0 Å². The summed E-state index contributed by atoms with van der Waals surface area (Å²) in [6.45, 7) is 8.92. The number of aliphatic carboxylic acids is 1. The van der Waals surface area contributed by atoms with Crippen LogP contribution in [0.3, 0.4) is 0 Å². The molecule has 3 heterocycles. The molecule has 0 saturated carbocycles. The largest absolute Gasteiger partial charge is 0.480 e. The number of benzene rings is 1. The van der Waals surface area contributed by atoms with Crippen LogP contribution in [0.5, 0.6) is 0 Å². The average Bonchev–Trinajstić information content (AvgIpc) is 3.08. The van der Waals surface area contributed by atoms with Gasteiger partial charge in [0.1, 0.15) is 11.9 Å². The van der Waals surface area contributed by atoms with Crippen LogP contribution >= 0.6 is 0 Å².